The van der Waals surface area contributed by atoms with Crippen molar-refractivity contribution in [3.05, 3.63) is 58.7 Å². The van der Waals surface area contributed by atoms with Crippen molar-refractivity contribution in [1.29, 1.82) is 0 Å². The van der Waals surface area contributed by atoms with Crippen LogP contribution in [-0.4, -0.2) is 57.6 Å². The molecule has 1 fully saturated rings. The van der Waals surface area contributed by atoms with Gasteiger partial charge in [0, 0.05) is 13.1 Å². The fourth-order valence-electron chi connectivity index (χ4n) is 4.06. The quantitative estimate of drug-likeness (QED) is 0.574. The lowest BCUT2D eigenvalue weighted by molar-refractivity contribution is -0.140. The third-order valence-corrected chi connectivity index (χ3v) is 7.78. The van der Waals surface area contributed by atoms with E-state index in [9.17, 15) is 18.0 Å². The van der Waals surface area contributed by atoms with Gasteiger partial charge in [0.05, 0.1) is 25.2 Å². The van der Waals surface area contributed by atoms with E-state index < -0.39 is 28.1 Å². The zero-order valence-electron chi connectivity index (χ0n) is 19.9. The summed E-state index contributed by atoms with van der Waals surface area (Å²) in [7, 11) is -2.30. The number of carbonyl (C=O) groups is 2. The summed E-state index contributed by atoms with van der Waals surface area (Å²) in [6.07, 6.45) is -0.368. The van der Waals surface area contributed by atoms with Crippen molar-refractivity contribution in [3.8, 4) is 5.75 Å². The lowest BCUT2D eigenvalue weighted by Gasteiger charge is -2.35. The Labute approximate surface area is 200 Å². The summed E-state index contributed by atoms with van der Waals surface area (Å²) < 4.78 is 39.0. The second kappa shape index (κ2) is 11.0. The van der Waals surface area contributed by atoms with Crippen LogP contribution in [0.3, 0.4) is 0 Å². The van der Waals surface area contributed by atoms with E-state index in [1.165, 1.54) is 4.31 Å². The van der Waals surface area contributed by atoms with Crippen molar-refractivity contribution in [3.63, 3.8) is 0 Å². The number of methoxy groups -OCH3 is 1. The molecule has 1 heterocycles. The van der Waals surface area contributed by atoms with E-state index in [1.54, 1.807) is 45.2 Å². The minimum atomic E-state index is -3.86. The maximum absolute atomic E-state index is 13.5. The van der Waals surface area contributed by atoms with Gasteiger partial charge < -0.3 is 20.1 Å². The highest BCUT2D eigenvalue weighted by Crippen LogP contribution is 2.28. The SMILES string of the molecule is COc1ccc(CNC(=O)C(=O)NCC2OCCCN2S(=O)(=O)c2c(C)cc(C)cc2C)cc1. The smallest absolute Gasteiger partial charge is 0.309 e. The Hall–Kier alpha value is -2.95. The van der Waals surface area contributed by atoms with Gasteiger partial charge in [-0.1, -0.05) is 29.8 Å². The van der Waals surface area contributed by atoms with E-state index in [-0.39, 0.29) is 24.5 Å². The van der Waals surface area contributed by atoms with E-state index in [4.69, 9.17) is 9.47 Å². The molecule has 10 heteroatoms. The molecule has 0 saturated carbocycles. The van der Waals surface area contributed by atoms with Crippen LogP contribution >= 0.6 is 0 Å². The van der Waals surface area contributed by atoms with E-state index in [0.717, 1.165) is 11.1 Å². The second-order valence-electron chi connectivity index (χ2n) is 8.26. The van der Waals surface area contributed by atoms with Gasteiger partial charge in [-0.25, -0.2) is 8.42 Å². The van der Waals surface area contributed by atoms with Crippen molar-refractivity contribution in [1.82, 2.24) is 14.9 Å². The Bertz CT molecular complexity index is 1120. The molecule has 0 spiro atoms. The number of hydrogen-bond acceptors (Lipinski definition) is 6. The van der Waals surface area contributed by atoms with Crippen molar-refractivity contribution in [2.75, 3.05) is 26.8 Å². The number of nitrogens with one attached hydrogen (secondary N) is 2. The Kier molecular flexibility index (Phi) is 8.29. The maximum atomic E-state index is 13.5. The van der Waals surface area contributed by atoms with E-state index in [1.807, 2.05) is 19.1 Å². The van der Waals surface area contributed by atoms with Crippen LogP contribution in [0.2, 0.25) is 0 Å². The number of nitrogens with zero attached hydrogens (tertiary/aromatic N) is 1. The number of ether oxygens (including phenoxy) is 2. The topological polar surface area (TPSA) is 114 Å². The van der Waals surface area contributed by atoms with Crippen molar-refractivity contribution in [2.24, 2.45) is 0 Å². The first-order chi connectivity index (χ1) is 16.1. The standard InChI is InChI=1S/C24H31N3O6S/c1-16-12-17(2)22(18(3)13-16)34(30,31)27-10-5-11-33-21(27)15-26-24(29)23(28)25-14-19-6-8-20(32-4)9-7-19/h6-9,12-13,21H,5,10-11,14-15H2,1-4H3,(H,25,28)(H,26,29). The van der Waals surface area contributed by atoms with Crippen molar-refractivity contribution < 1.29 is 27.5 Å². The Morgan fingerprint density at radius 2 is 1.68 bits per heavy atom. The van der Waals surface area contributed by atoms with Gasteiger partial charge in [0.25, 0.3) is 0 Å². The number of hydrogen-bond donors (Lipinski definition) is 2. The number of rotatable bonds is 7. The molecule has 0 bridgehead atoms. The summed E-state index contributed by atoms with van der Waals surface area (Å²) >= 11 is 0. The van der Waals surface area contributed by atoms with Crippen LogP contribution < -0.4 is 15.4 Å². The number of benzene rings is 2. The van der Waals surface area contributed by atoms with Crippen LogP contribution in [-0.2, 0) is 30.9 Å². The van der Waals surface area contributed by atoms with Gasteiger partial charge in [-0.15, -0.1) is 0 Å². The molecule has 34 heavy (non-hydrogen) atoms. The molecule has 0 aliphatic carbocycles. The summed E-state index contributed by atoms with van der Waals surface area (Å²) in [5, 5.41) is 5.04. The lowest BCUT2D eigenvalue weighted by Crippen LogP contribution is -2.53. The molecule has 3 rings (SSSR count). The minimum Gasteiger partial charge on any atom is -0.497 e. The minimum absolute atomic E-state index is 0.141. The fourth-order valence-corrected chi connectivity index (χ4v) is 6.04. The molecular weight excluding hydrogens is 458 g/mol. The summed E-state index contributed by atoms with van der Waals surface area (Å²) in [6.45, 7) is 6.10. The first-order valence-electron chi connectivity index (χ1n) is 11.0. The molecule has 1 aliphatic rings. The Morgan fingerprint density at radius 3 is 2.29 bits per heavy atom. The Morgan fingerprint density at radius 1 is 1.06 bits per heavy atom. The summed E-state index contributed by atoms with van der Waals surface area (Å²) in [6, 6.07) is 10.7. The third kappa shape index (κ3) is 5.94. The average Bonchev–Trinajstić information content (AvgIpc) is 2.80. The number of sulfonamides is 1. The number of carbonyl (C=O) groups excluding carboxylic acids is 2. The molecule has 1 saturated heterocycles. The highest BCUT2D eigenvalue weighted by atomic mass is 32.2. The van der Waals surface area contributed by atoms with Crippen LogP contribution in [0.25, 0.3) is 0 Å². The van der Waals surface area contributed by atoms with Gasteiger partial charge in [0.15, 0.2) is 0 Å². The third-order valence-electron chi connectivity index (χ3n) is 5.58. The fraction of sp³-hybridized carbons (Fsp3) is 0.417. The predicted molar refractivity (Wildman–Crippen MR) is 127 cm³/mol. The van der Waals surface area contributed by atoms with Crippen LogP contribution in [0, 0.1) is 20.8 Å². The van der Waals surface area contributed by atoms with Crippen LogP contribution in [0.4, 0.5) is 0 Å². The Balaban J connectivity index is 1.63. The zero-order valence-corrected chi connectivity index (χ0v) is 20.7. The molecule has 0 radical (unpaired) electrons. The summed E-state index contributed by atoms with van der Waals surface area (Å²) in [4.78, 5) is 24.8. The van der Waals surface area contributed by atoms with E-state index in [2.05, 4.69) is 10.6 Å². The molecule has 9 nitrogen and oxygen atoms in total. The van der Waals surface area contributed by atoms with E-state index in [0.29, 0.717) is 29.9 Å². The van der Waals surface area contributed by atoms with Gasteiger partial charge in [0.2, 0.25) is 10.0 Å². The van der Waals surface area contributed by atoms with Gasteiger partial charge >= 0.3 is 11.8 Å². The summed E-state index contributed by atoms with van der Waals surface area (Å²) in [5.74, 6) is -0.982. The molecule has 2 aromatic rings. The first kappa shape index (κ1) is 25.7. The highest BCUT2D eigenvalue weighted by molar-refractivity contribution is 7.89. The molecule has 0 aromatic heterocycles. The predicted octanol–water partition coefficient (Wildman–Crippen LogP) is 1.79. The lowest BCUT2D eigenvalue weighted by atomic mass is 10.1. The van der Waals surface area contributed by atoms with Gasteiger partial charge in [0.1, 0.15) is 12.0 Å². The normalized spacial score (nSPS) is 16.6. The first-order valence-corrected chi connectivity index (χ1v) is 12.5. The van der Waals surface area contributed by atoms with Gasteiger partial charge in [-0.05, 0) is 56.0 Å². The largest absolute Gasteiger partial charge is 0.497 e. The monoisotopic (exact) mass is 489 g/mol. The molecular formula is C24H31N3O6S. The number of amides is 2. The van der Waals surface area contributed by atoms with Crippen LogP contribution in [0.15, 0.2) is 41.3 Å². The van der Waals surface area contributed by atoms with Gasteiger partial charge in [-0.2, -0.15) is 4.31 Å². The van der Waals surface area contributed by atoms with E-state index >= 15 is 0 Å². The molecule has 1 atom stereocenters. The van der Waals surface area contributed by atoms with Crippen molar-refractivity contribution in [2.45, 2.75) is 44.9 Å². The zero-order chi connectivity index (χ0) is 24.9. The molecule has 184 valence electrons. The van der Waals surface area contributed by atoms with Crippen LogP contribution in [0.1, 0.15) is 28.7 Å². The maximum Gasteiger partial charge on any atom is 0.309 e. The molecule has 1 unspecified atom stereocenters. The van der Waals surface area contributed by atoms with Gasteiger partial charge in [-0.3, -0.25) is 9.59 Å². The molecule has 2 N–H and O–H groups in total. The second-order valence-corrected chi connectivity index (χ2v) is 10.1. The highest BCUT2D eigenvalue weighted by Gasteiger charge is 2.36. The van der Waals surface area contributed by atoms with Crippen molar-refractivity contribution >= 4 is 21.8 Å². The van der Waals surface area contributed by atoms with Crippen LogP contribution in [0.5, 0.6) is 5.75 Å². The molecule has 1 aliphatic heterocycles. The average molecular weight is 490 g/mol. The molecule has 2 amide bonds. The molecule has 2 aromatic carbocycles. The summed E-state index contributed by atoms with van der Waals surface area (Å²) in [5.41, 5.74) is 3.10. The number of aryl methyl sites for hydroxylation is 3.